The van der Waals surface area contributed by atoms with Gasteiger partial charge in [0.05, 0.1) is 5.92 Å². The molecule has 2 aromatic rings. The van der Waals surface area contributed by atoms with E-state index in [1.165, 1.54) is 0 Å². The van der Waals surface area contributed by atoms with Crippen molar-refractivity contribution in [2.24, 2.45) is 5.92 Å². The third-order valence-electron chi connectivity index (χ3n) is 4.13. The summed E-state index contributed by atoms with van der Waals surface area (Å²) in [6, 6.07) is 18.0. The number of likely N-dealkylation sites (tertiary alicyclic amines) is 1. The summed E-state index contributed by atoms with van der Waals surface area (Å²) < 4.78 is 0. The minimum absolute atomic E-state index is 0.0669. The Morgan fingerprint density at radius 3 is 2.31 bits per heavy atom. The van der Waals surface area contributed by atoms with Crippen LogP contribution in [0.25, 0.3) is 0 Å². The molecule has 26 heavy (non-hydrogen) atoms. The summed E-state index contributed by atoms with van der Waals surface area (Å²) >= 11 is 0. The van der Waals surface area contributed by atoms with E-state index in [0.29, 0.717) is 18.8 Å². The molecule has 3 rings (SSSR count). The first-order valence-corrected chi connectivity index (χ1v) is 8.35. The summed E-state index contributed by atoms with van der Waals surface area (Å²) in [5.41, 5.74) is 6.31. The first-order chi connectivity index (χ1) is 12.6. The average Bonchev–Trinajstić information content (AvgIpc) is 3.02. The first kappa shape index (κ1) is 17.5. The van der Waals surface area contributed by atoms with Gasteiger partial charge in [0.15, 0.2) is 0 Å². The molecule has 0 aromatic heterocycles. The lowest BCUT2D eigenvalue weighted by molar-refractivity contribution is -0.129. The summed E-state index contributed by atoms with van der Waals surface area (Å²) in [6.45, 7) is 0.812. The smallest absolute Gasteiger partial charge is 0.337 e. The standard InChI is InChI=1S/C19H20N4O3/c24-17-11-15(13-23(17)12-14-7-3-1-4-8-14)18(25)21-22-19(26)20-16-9-5-2-6-10-16/h1-10,15H,11-13H2,(H,21,25)(H2,20,22,26)/t15-/m1/s1. The molecule has 7 nitrogen and oxygen atoms in total. The van der Waals surface area contributed by atoms with Gasteiger partial charge in [0.1, 0.15) is 0 Å². The van der Waals surface area contributed by atoms with Gasteiger partial charge in [0.2, 0.25) is 11.8 Å². The lowest BCUT2D eigenvalue weighted by atomic mass is 10.1. The van der Waals surface area contributed by atoms with Crippen LogP contribution in [0.15, 0.2) is 60.7 Å². The molecule has 1 fully saturated rings. The summed E-state index contributed by atoms with van der Waals surface area (Å²) in [4.78, 5) is 37.8. The highest BCUT2D eigenvalue weighted by atomic mass is 16.2. The molecule has 1 atom stereocenters. The Kier molecular flexibility index (Phi) is 5.48. The topological polar surface area (TPSA) is 90.5 Å². The molecule has 2 aromatic carbocycles. The zero-order valence-corrected chi connectivity index (χ0v) is 14.1. The van der Waals surface area contributed by atoms with E-state index >= 15 is 0 Å². The fourth-order valence-corrected chi connectivity index (χ4v) is 2.81. The van der Waals surface area contributed by atoms with E-state index in [1.807, 2.05) is 36.4 Å². The molecule has 1 saturated heterocycles. The molecule has 0 bridgehead atoms. The van der Waals surface area contributed by atoms with Crippen LogP contribution >= 0.6 is 0 Å². The largest absolute Gasteiger partial charge is 0.338 e. The maximum Gasteiger partial charge on any atom is 0.337 e. The number of urea groups is 1. The summed E-state index contributed by atoms with van der Waals surface area (Å²) in [5, 5.41) is 2.60. The maximum atomic E-state index is 12.2. The van der Waals surface area contributed by atoms with Crippen LogP contribution in [0.4, 0.5) is 10.5 Å². The average molecular weight is 352 g/mol. The SMILES string of the molecule is O=C(NNC(=O)[C@@H]1CC(=O)N(Cc2ccccc2)C1)Nc1ccccc1. The fraction of sp³-hybridized carbons (Fsp3) is 0.211. The van der Waals surface area contributed by atoms with Gasteiger partial charge in [0, 0.05) is 25.2 Å². The van der Waals surface area contributed by atoms with Crippen LogP contribution in [0.1, 0.15) is 12.0 Å². The summed E-state index contributed by atoms with van der Waals surface area (Å²) in [7, 11) is 0. The van der Waals surface area contributed by atoms with E-state index in [-0.39, 0.29) is 18.2 Å². The molecule has 1 heterocycles. The van der Waals surface area contributed by atoms with Gasteiger partial charge in [0.25, 0.3) is 0 Å². The van der Waals surface area contributed by atoms with E-state index in [0.717, 1.165) is 5.56 Å². The third kappa shape index (κ3) is 4.60. The number of hydrogen-bond donors (Lipinski definition) is 3. The minimum atomic E-state index is -0.546. The van der Waals surface area contributed by atoms with Crippen molar-refractivity contribution in [3.8, 4) is 0 Å². The van der Waals surface area contributed by atoms with Crippen molar-refractivity contribution in [2.75, 3.05) is 11.9 Å². The van der Waals surface area contributed by atoms with Gasteiger partial charge in [-0.3, -0.25) is 15.0 Å². The van der Waals surface area contributed by atoms with Gasteiger partial charge in [-0.05, 0) is 17.7 Å². The number of benzene rings is 2. The predicted molar refractivity (Wildman–Crippen MR) is 96.7 cm³/mol. The summed E-state index contributed by atoms with van der Waals surface area (Å²) in [5.74, 6) is -0.928. The molecule has 0 spiro atoms. The van der Waals surface area contributed by atoms with Crippen LogP contribution in [-0.4, -0.2) is 29.3 Å². The van der Waals surface area contributed by atoms with Gasteiger partial charge < -0.3 is 10.2 Å². The zero-order chi connectivity index (χ0) is 18.4. The monoisotopic (exact) mass is 352 g/mol. The lowest BCUT2D eigenvalue weighted by Crippen LogP contribution is -2.46. The van der Waals surface area contributed by atoms with Crippen molar-refractivity contribution in [3.05, 3.63) is 66.2 Å². The number of carbonyl (C=O) groups is 3. The predicted octanol–water partition coefficient (Wildman–Crippen LogP) is 1.89. The normalized spacial score (nSPS) is 16.2. The third-order valence-corrected chi connectivity index (χ3v) is 4.13. The van der Waals surface area contributed by atoms with Crippen molar-refractivity contribution < 1.29 is 14.4 Å². The van der Waals surface area contributed by atoms with E-state index in [9.17, 15) is 14.4 Å². The number of para-hydroxylation sites is 1. The lowest BCUT2D eigenvalue weighted by Gasteiger charge is -2.16. The fourth-order valence-electron chi connectivity index (χ4n) is 2.81. The Morgan fingerprint density at radius 2 is 1.62 bits per heavy atom. The highest BCUT2D eigenvalue weighted by Gasteiger charge is 2.34. The van der Waals surface area contributed by atoms with Crippen LogP contribution < -0.4 is 16.2 Å². The van der Waals surface area contributed by atoms with Crippen LogP contribution in [0.5, 0.6) is 0 Å². The molecule has 134 valence electrons. The number of nitrogens with zero attached hydrogens (tertiary/aromatic N) is 1. The zero-order valence-electron chi connectivity index (χ0n) is 14.1. The number of hydrogen-bond acceptors (Lipinski definition) is 3. The number of anilines is 1. The maximum absolute atomic E-state index is 12.2. The quantitative estimate of drug-likeness (QED) is 0.734. The second kappa shape index (κ2) is 8.15. The molecule has 0 saturated carbocycles. The van der Waals surface area contributed by atoms with Crippen LogP contribution in [0.3, 0.4) is 0 Å². The van der Waals surface area contributed by atoms with Crippen LogP contribution in [0.2, 0.25) is 0 Å². The van der Waals surface area contributed by atoms with Gasteiger partial charge >= 0.3 is 6.03 Å². The number of nitrogens with one attached hydrogen (secondary N) is 3. The van der Waals surface area contributed by atoms with Crippen molar-refractivity contribution in [1.29, 1.82) is 0 Å². The van der Waals surface area contributed by atoms with Crippen molar-refractivity contribution >= 4 is 23.5 Å². The molecule has 0 radical (unpaired) electrons. The van der Waals surface area contributed by atoms with Gasteiger partial charge in [-0.15, -0.1) is 0 Å². The van der Waals surface area contributed by atoms with E-state index in [4.69, 9.17) is 0 Å². The number of carbonyl (C=O) groups excluding carboxylic acids is 3. The Morgan fingerprint density at radius 1 is 0.962 bits per heavy atom. The summed E-state index contributed by atoms with van der Waals surface area (Å²) in [6.07, 6.45) is 0.140. The molecule has 1 aliphatic rings. The highest BCUT2D eigenvalue weighted by Crippen LogP contribution is 2.20. The second-order valence-electron chi connectivity index (χ2n) is 6.10. The molecule has 0 unspecified atom stereocenters. The molecule has 1 aliphatic heterocycles. The minimum Gasteiger partial charge on any atom is -0.338 e. The van der Waals surface area contributed by atoms with Crippen LogP contribution in [0, 0.1) is 5.92 Å². The van der Waals surface area contributed by atoms with Gasteiger partial charge in [-0.1, -0.05) is 48.5 Å². The van der Waals surface area contributed by atoms with E-state index in [2.05, 4.69) is 16.2 Å². The Bertz CT molecular complexity index is 780. The molecular weight excluding hydrogens is 332 g/mol. The molecular formula is C19H20N4O3. The Hall–Kier alpha value is -3.35. The van der Waals surface area contributed by atoms with Crippen molar-refractivity contribution in [2.45, 2.75) is 13.0 Å². The number of amides is 4. The van der Waals surface area contributed by atoms with Crippen LogP contribution in [-0.2, 0) is 16.1 Å². The highest BCUT2D eigenvalue weighted by molar-refractivity contribution is 5.93. The molecule has 3 N–H and O–H groups in total. The molecule has 0 aliphatic carbocycles. The Labute approximate surface area is 151 Å². The van der Waals surface area contributed by atoms with Crippen molar-refractivity contribution in [1.82, 2.24) is 15.8 Å². The van der Waals surface area contributed by atoms with Gasteiger partial charge in [-0.2, -0.15) is 0 Å². The van der Waals surface area contributed by atoms with Crippen molar-refractivity contribution in [3.63, 3.8) is 0 Å². The molecule has 7 heteroatoms. The first-order valence-electron chi connectivity index (χ1n) is 8.35. The second-order valence-corrected chi connectivity index (χ2v) is 6.10. The number of rotatable bonds is 4. The number of hydrazine groups is 1. The van der Waals surface area contributed by atoms with E-state index < -0.39 is 11.9 Å². The van der Waals surface area contributed by atoms with Gasteiger partial charge in [-0.25, -0.2) is 10.2 Å². The Balaban J connectivity index is 1.46. The molecule has 4 amide bonds. The van der Waals surface area contributed by atoms with E-state index in [1.54, 1.807) is 29.2 Å².